The first-order valence-electron chi connectivity index (χ1n) is 6.02. The molecule has 16 heavy (non-hydrogen) atoms. The Kier molecular flexibility index (Phi) is 4.59. The van der Waals surface area contributed by atoms with Crippen molar-refractivity contribution in [2.24, 2.45) is 5.92 Å². The molecular formula is C12H24N2O2. The SMILES string of the molecule is COC(C)(C)CNC(=O)N1CCCC(C)C1. The van der Waals surface area contributed by atoms with Crippen molar-refractivity contribution in [2.75, 3.05) is 26.7 Å². The number of nitrogens with one attached hydrogen (secondary N) is 1. The molecule has 1 heterocycles. The van der Waals surface area contributed by atoms with Crippen LogP contribution in [0, 0.1) is 5.92 Å². The van der Waals surface area contributed by atoms with Crippen molar-refractivity contribution in [1.82, 2.24) is 10.2 Å². The number of nitrogens with zero attached hydrogens (tertiary/aromatic N) is 1. The molecule has 0 aromatic heterocycles. The number of carbonyl (C=O) groups is 1. The zero-order chi connectivity index (χ0) is 12.2. The zero-order valence-corrected chi connectivity index (χ0v) is 10.9. The van der Waals surface area contributed by atoms with Crippen LogP contribution >= 0.6 is 0 Å². The molecule has 1 unspecified atom stereocenters. The van der Waals surface area contributed by atoms with Gasteiger partial charge in [0.25, 0.3) is 0 Å². The van der Waals surface area contributed by atoms with Crippen LogP contribution in [0.1, 0.15) is 33.6 Å². The number of methoxy groups -OCH3 is 1. The first kappa shape index (κ1) is 13.3. The topological polar surface area (TPSA) is 41.6 Å². The van der Waals surface area contributed by atoms with E-state index >= 15 is 0 Å². The Labute approximate surface area is 98.3 Å². The minimum absolute atomic E-state index is 0.0386. The predicted octanol–water partition coefficient (Wildman–Crippen LogP) is 1.85. The molecule has 2 amide bonds. The van der Waals surface area contributed by atoms with Crippen LogP contribution in [-0.4, -0.2) is 43.3 Å². The summed E-state index contributed by atoms with van der Waals surface area (Å²) in [6.07, 6.45) is 2.34. The van der Waals surface area contributed by atoms with E-state index in [0.717, 1.165) is 19.5 Å². The summed E-state index contributed by atoms with van der Waals surface area (Å²) in [6.45, 7) is 8.42. The number of hydrogen-bond acceptors (Lipinski definition) is 2. The van der Waals surface area contributed by atoms with Crippen molar-refractivity contribution in [3.8, 4) is 0 Å². The largest absolute Gasteiger partial charge is 0.377 e. The molecule has 0 saturated carbocycles. The molecule has 0 aliphatic carbocycles. The van der Waals surface area contributed by atoms with Crippen LogP contribution in [-0.2, 0) is 4.74 Å². The molecule has 0 radical (unpaired) electrons. The van der Waals surface area contributed by atoms with Gasteiger partial charge < -0.3 is 15.0 Å². The fraction of sp³-hybridized carbons (Fsp3) is 0.917. The smallest absolute Gasteiger partial charge is 0.317 e. The predicted molar refractivity (Wildman–Crippen MR) is 64.5 cm³/mol. The molecule has 4 heteroatoms. The summed E-state index contributed by atoms with van der Waals surface area (Å²) in [5, 5.41) is 2.93. The van der Waals surface area contributed by atoms with E-state index in [9.17, 15) is 4.79 Å². The molecule has 0 bridgehead atoms. The summed E-state index contributed by atoms with van der Waals surface area (Å²) in [7, 11) is 1.66. The number of carbonyl (C=O) groups excluding carboxylic acids is 1. The molecule has 94 valence electrons. The minimum atomic E-state index is -0.295. The number of amides is 2. The summed E-state index contributed by atoms with van der Waals surface area (Å²) in [5.41, 5.74) is -0.295. The van der Waals surface area contributed by atoms with Gasteiger partial charge in [0.2, 0.25) is 0 Å². The minimum Gasteiger partial charge on any atom is -0.377 e. The fourth-order valence-electron chi connectivity index (χ4n) is 1.85. The van der Waals surface area contributed by atoms with E-state index in [1.165, 1.54) is 6.42 Å². The lowest BCUT2D eigenvalue weighted by atomic mass is 10.0. The number of ether oxygens (including phenoxy) is 1. The van der Waals surface area contributed by atoms with Gasteiger partial charge in [0.1, 0.15) is 0 Å². The van der Waals surface area contributed by atoms with E-state index in [0.29, 0.717) is 12.5 Å². The van der Waals surface area contributed by atoms with Crippen LogP contribution in [0.2, 0.25) is 0 Å². The van der Waals surface area contributed by atoms with Crippen LogP contribution in [0.3, 0.4) is 0 Å². The fourth-order valence-corrected chi connectivity index (χ4v) is 1.85. The maximum atomic E-state index is 11.9. The number of rotatable bonds is 3. The van der Waals surface area contributed by atoms with Crippen molar-refractivity contribution in [1.29, 1.82) is 0 Å². The van der Waals surface area contributed by atoms with Crippen LogP contribution in [0.15, 0.2) is 0 Å². The van der Waals surface area contributed by atoms with E-state index in [-0.39, 0.29) is 11.6 Å². The maximum absolute atomic E-state index is 11.9. The normalized spacial score (nSPS) is 22.0. The third-order valence-corrected chi connectivity index (χ3v) is 3.16. The van der Waals surface area contributed by atoms with E-state index in [2.05, 4.69) is 12.2 Å². The Bertz CT molecular complexity index is 241. The number of piperidine rings is 1. The molecule has 1 atom stereocenters. The highest BCUT2D eigenvalue weighted by molar-refractivity contribution is 5.74. The van der Waals surface area contributed by atoms with Gasteiger partial charge in [-0.15, -0.1) is 0 Å². The average Bonchev–Trinajstić information content (AvgIpc) is 2.26. The van der Waals surface area contributed by atoms with E-state index in [1.54, 1.807) is 7.11 Å². The molecule has 0 aromatic rings. The zero-order valence-electron chi connectivity index (χ0n) is 10.9. The lowest BCUT2D eigenvalue weighted by Crippen LogP contribution is -2.49. The van der Waals surface area contributed by atoms with Gasteiger partial charge in [-0.1, -0.05) is 6.92 Å². The summed E-state index contributed by atoms with van der Waals surface area (Å²) < 4.78 is 5.26. The Morgan fingerprint density at radius 2 is 2.25 bits per heavy atom. The van der Waals surface area contributed by atoms with Crippen molar-refractivity contribution in [2.45, 2.75) is 39.2 Å². The molecule has 1 N–H and O–H groups in total. The number of hydrogen-bond donors (Lipinski definition) is 1. The summed E-state index contributed by atoms with van der Waals surface area (Å²) in [5.74, 6) is 0.620. The highest BCUT2D eigenvalue weighted by Crippen LogP contribution is 2.15. The van der Waals surface area contributed by atoms with Gasteiger partial charge >= 0.3 is 6.03 Å². The van der Waals surface area contributed by atoms with Crippen molar-refractivity contribution < 1.29 is 9.53 Å². The van der Waals surface area contributed by atoms with E-state index in [1.807, 2.05) is 18.7 Å². The Hall–Kier alpha value is -0.770. The van der Waals surface area contributed by atoms with E-state index in [4.69, 9.17) is 4.74 Å². The monoisotopic (exact) mass is 228 g/mol. The van der Waals surface area contributed by atoms with Crippen LogP contribution in [0.25, 0.3) is 0 Å². The molecule has 1 aliphatic heterocycles. The van der Waals surface area contributed by atoms with Crippen molar-refractivity contribution >= 4 is 6.03 Å². The van der Waals surface area contributed by atoms with Crippen LogP contribution in [0.5, 0.6) is 0 Å². The van der Waals surface area contributed by atoms with Crippen LogP contribution < -0.4 is 5.32 Å². The van der Waals surface area contributed by atoms with Crippen molar-refractivity contribution in [3.63, 3.8) is 0 Å². The van der Waals surface area contributed by atoms with Gasteiger partial charge in [-0.3, -0.25) is 0 Å². The van der Waals surface area contributed by atoms with Gasteiger partial charge in [-0.2, -0.15) is 0 Å². The first-order chi connectivity index (χ1) is 7.44. The lowest BCUT2D eigenvalue weighted by Gasteiger charge is -2.32. The highest BCUT2D eigenvalue weighted by atomic mass is 16.5. The highest BCUT2D eigenvalue weighted by Gasteiger charge is 2.23. The molecule has 1 aliphatic rings. The van der Waals surface area contributed by atoms with Crippen molar-refractivity contribution in [3.05, 3.63) is 0 Å². The first-order valence-corrected chi connectivity index (χ1v) is 6.02. The molecule has 1 fully saturated rings. The van der Waals surface area contributed by atoms with Gasteiger partial charge in [-0.05, 0) is 32.6 Å². The van der Waals surface area contributed by atoms with Gasteiger partial charge in [0.15, 0.2) is 0 Å². The molecular weight excluding hydrogens is 204 g/mol. The van der Waals surface area contributed by atoms with Gasteiger partial charge in [0.05, 0.1) is 5.60 Å². The number of likely N-dealkylation sites (tertiary alicyclic amines) is 1. The molecule has 0 spiro atoms. The second-order valence-electron chi connectivity index (χ2n) is 5.32. The Morgan fingerprint density at radius 1 is 1.56 bits per heavy atom. The van der Waals surface area contributed by atoms with Gasteiger partial charge in [-0.25, -0.2) is 4.79 Å². The quantitative estimate of drug-likeness (QED) is 0.801. The second kappa shape index (κ2) is 5.53. The third-order valence-electron chi connectivity index (χ3n) is 3.16. The summed E-state index contributed by atoms with van der Waals surface area (Å²) in [6, 6.07) is 0.0386. The lowest BCUT2D eigenvalue weighted by molar-refractivity contribution is 0.0239. The Morgan fingerprint density at radius 3 is 2.81 bits per heavy atom. The molecule has 4 nitrogen and oxygen atoms in total. The maximum Gasteiger partial charge on any atom is 0.317 e. The second-order valence-corrected chi connectivity index (χ2v) is 5.32. The molecule has 1 rings (SSSR count). The third kappa shape index (κ3) is 4.00. The Balaban J connectivity index is 2.34. The molecule has 1 saturated heterocycles. The standard InChI is InChI=1S/C12H24N2O2/c1-10-6-5-7-14(8-10)11(15)13-9-12(2,3)16-4/h10H,5-9H2,1-4H3,(H,13,15). The summed E-state index contributed by atoms with van der Waals surface area (Å²) >= 11 is 0. The van der Waals surface area contributed by atoms with Crippen LogP contribution in [0.4, 0.5) is 4.79 Å². The average molecular weight is 228 g/mol. The summed E-state index contributed by atoms with van der Waals surface area (Å²) in [4.78, 5) is 13.8. The van der Waals surface area contributed by atoms with Gasteiger partial charge in [0, 0.05) is 26.7 Å². The number of urea groups is 1. The van der Waals surface area contributed by atoms with E-state index < -0.39 is 0 Å². The molecule has 0 aromatic carbocycles.